The standard InChI is InChI=1S/C39H29Cl3N4O8/c1-54-24-9-5-19(6-10-24)39-29(36(49)45(38(39)51)43-32-14-7-20(40)15-31(32)42)18-28-25(34(39)26-11-8-23(47)17-30(26)41)12-13-27-33(28)37(50)44(35(27)48)21-3-2-4-22(16-21)46(52)53/h2-12,14-17,27-29,33-34,43,47H,13,18H2,1H3. The molecule has 12 nitrogen and oxygen atoms in total. The molecule has 6 unspecified atom stereocenters. The Labute approximate surface area is 323 Å². The fourth-order valence-electron chi connectivity index (χ4n) is 8.94. The van der Waals surface area contributed by atoms with Crippen molar-refractivity contribution < 1.29 is 33.9 Å². The molecule has 1 saturated carbocycles. The van der Waals surface area contributed by atoms with Crippen molar-refractivity contribution in [2.45, 2.75) is 24.2 Å². The lowest BCUT2D eigenvalue weighted by atomic mass is 9.49. The number of benzene rings is 4. The van der Waals surface area contributed by atoms with Crippen molar-refractivity contribution in [3.05, 3.63) is 133 Å². The number of allylic oxidation sites excluding steroid dienone is 2. The van der Waals surface area contributed by atoms with E-state index in [0.717, 1.165) is 9.91 Å². The molecular formula is C39H29Cl3N4O8. The summed E-state index contributed by atoms with van der Waals surface area (Å²) in [5, 5.41) is 23.6. The smallest absolute Gasteiger partial charge is 0.271 e. The van der Waals surface area contributed by atoms with Crippen LogP contribution >= 0.6 is 34.8 Å². The molecule has 8 rings (SSSR count). The van der Waals surface area contributed by atoms with Gasteiger partial charge >= 0.3 is 0 Å². The second-order valence-corrected chi connectivity index (χ2v) is 15.0. The lowest BCUT2D eigenvalue weighted by Gasteiger charge is -2.50. The molecule has 0 aromatic heterocycles. The van der Waals surface area contributed by atoms with Crippen LogP contribution in [0.25, 0.3) is 0 Å². The fourth-order valence-corrected chi connectivity index (χ4v) is 9.67. The molecule has 6 atom stereocenters. The molecule has 0 radical (unpaired) electrons. The Hall–Kier alpha value is -5.43. The van der Waals surface area contributed by atoms with E-state index in [1.807, 2.05) is 6.08 Å². The number of fused-ring (bicyclic) bond motifs is 4. The topological polar surface area (TPSA) is 159 Å². The normalized spacial score (nSPS) is 25.9. The Morgan fingerprint density at radius 2 is 1.65 bits per heavy atom. The predicted molar refractivity (Wildman–Crippen MR) is 199 cm³/mol. The van der Waals surface area contributed by atoms with Gasteiger partial charge in [-0.3, -0.25) is 34.7 Å². The van der Waals surface area contributed by atoms with Crippen LogP contribution in [-0.2, 0) is 24.6 Å². The summed E-state index contributed by atoms with van der Waals surface area (Å²) in [6.45, 7) is 0. The summed E-state index contributed by atoms with van der Waals surface area (Å²) in [6.07, 6.45) is 1.96. The molecule has 2 N–H and O–H groups in total. The Balaban J connectivity index is 1.33. The molecule has 4 aromatic carbocycles. The van der Waals surface area contributed by atoms with Crippen LogP contribution in [0.1, 0.15) is 29.9 Å². The molecule has 0 bridgehead atoms. The van der Waals surface area contributed by atoms with Crippen LogP contribution in [0.2, 0.25) is 15.1 Å². The number of carbonyl (C=O) groups is 4. The van der Waals surface area contributed by atoms with Gasteiger partial charge in [0, 0.05) is 28.1 Å². The lowest BCUT2D eigenvalue weighted by molar-refractivity contribution is -0.384. The van der Waals surface area contributed by atoms with Crippen LogP contribution < -0.4 is 15.1 Å². The highest BCUT2D eigenvalue weighted by Crippen LogP contribution is 2.65. The second kappa shape index (κ2) is 13.2. The molecule has 4 aromatic rings. The molecular weight excluding hydrogens is 759 g/mol. The molecule has 2 aliphatic heterocycles. The van der Waals surface area contributed by atoms with Crippen molar-refractivity contribution in [3.8, 4) is 11.5 Å². The number of imide groups is 2. The highest BCUT2D eigenvalue weighted by Gasteiger charge is 2.70. The number of aromatic hydroxyl groups is 1. The molecule has 2 aliphatic carbocycles. The van der Waals surface area contributed by atoms with E-state index in [2.05, 4.69) is 5.43 Å². The van der Waals surface area contributed by atoms with Gasteiger partial charge in [0.25, 0.3) is 17.5 Å². The van der Waals surface area contributed by atoms with E-state index in [-0.39, 0.29) is 45.7 Å². The second-order valence-electron chi connectivity index (χ2n) is 13.7. The molecule has 15 heteroatoms. The van der Waals surface area contributed by atoms with Crippen molar-refractivity contribution in [2.75, 3.05) is 17.4 Å². The van der Waals surface area contributed by atoms with E-state index in [0.29, 0.717) is 27.5 Å². The molecule has 4 aliphatic rings. The van der Waals surface area contributed by atoms with Gasteiger partial charge in [0.1, 0.15) is 11.5 Å². The monoisotopic (exact) mass is 786 g/mol. The first-order chi connectivity index (χ1) is 25.9. The van der Waals surface area contributed by atoms with E-state index >= 15 is 4.79 Å². The molecule has 2 heterocycles. The molecule has 274 valence electrons. The number of nitrogens with one attached hydrogen (secondary N) is 1. The number of amides is 4. The summed E-state index contributed by atoms with van der Waals surface area (Å²) in [7, 11) is 1.51. The average molecular weight is 788 g/mol. The van der Waals surface area contributed by atoms with Gasteiger partial charge in [-0.2, -0.15) is 5.01 Å². The maximum absolute atomic E-state index is 15.4. The first-order valence-corrected chi connectivity index (χ1v) is 18.1. The maximum Gasteiger partial charge on any atom is 0.271 e. The summed E-state index contributed by atoms with van der Waals surface area (Å²) >= 11 is 19.6. The molecule has 0 spiro atoms. The number of ether oxygens (including phenoxy) is 1. The third-order valence-electron chi connectivity index (χ3n) is 11.2. The van der Waals surface area contributed by atoms with Gasteiger partial charge in [-0.25, -0.2) is 4.90 Å². The zero-order valence-corrected chi connectivity index (χ0v) is 30.5. The van der Waals surface area contributed by atoms with E-state index in [4.69, 9.17) is 39.5 Å². The number of phenolic OH excluding ortho intramolecular Hbond substituents is 1. The van der Waals surface area contributed by atoms with Gasteiger partial charge in [-0.15, -0.1) is 0 Å². The third kappa shape index (κ3) is 5.26. The minimum absolute atomic E-state index is 0.00979. The highest BCUT2D eigenvalue weighted by atomic mass is 35.5. The summed E-state index contributed by atoms with van der Waals surface area (Å²) < 4.78 is 5.43. The quantitative estimate of drug-likeness (QED) is 0.0839. The van der Waals surface area contributed by atoms with Gasteiger partial charge in [0.15, 0.2) is 0 Å². The molecule has 54 heavy (non-hydrogen) atoms. The number of carbonyl (C=O) groups excluding carboxylic acids is 4. The minimum Gasteiger partial charge on any atom is -0.508 e. The van der Waals surface area contributed by atoms with Crippen LogP contribution in [0.15, 0.2) is 96.6 Å². The van der Waals surface area contributed by atoms with Crippen LogP contribution in [0.4, 0.5) is 17.1 Å². The minimum atomic E-state index is -1.66. The maximum atomic E-state index is 15.4. The average Bonchev–Trinajstić information content (AvgIpc) is 3.53. The number of nitro benzene ring substituents is 1. The van der Waals surface area contributed by atoms with Gasteiger partial charge in [0.2, 0.25) is 11.8 Å². The van der Waals surface area contributed by atoms with Crippen molar-refractivity contribution >= 4 is 75.5 Å². The number of hydrogen-bond acceptors (Lipinski definition) is 9. The predicted octanol–water partition coefficient (Wildman–Crippen LogP) is 7.46. The number of nitrogens with zero attached hydrogens (tertiary/aromatic N) is 3. The van der Waals surface area contributed by atoms with Crippen LogP contribution in [0.3, 0.4) is 0 Å². The number of hydrogen-bond donors (Lipinski definition) is 2. The first-order valence-electron chi connectivity index (χ1n) is 16.9. The van der Waals surface area contributed by atoms with Crippen molar-refractivity contribution in [3.63, 3.8) is 0 Å². The van der Waals surface area contributed by atoms with Crippen molar-refractivity contribution in [2.24, 2.45) is 23.7 Å². The largest absolute Gasteiger partial charge is 0.508 e. The highest BCUT2D eigenvalue weighted by molar-refractivity contribution is 6.36. The number of nitro groups is 1. The Morgan fingerprint density at radius 1 is 0.889 bits per heavy atom. The number of anilines is 2. The number of methoxy groups -OCH3 is 1. The summed E-state index contributed by atoms with van der Waals surface area (Å²) in [6, 6.07) is 21.1. The fraction of sp³-hybridized carbons (Fsp3) is 0.231. The number of rotatable bonds is 7. The van der Waals surface area contributed by atoms with E-state index in [9.17, 15) is 29.6 Å². The molecule has 2 saturated heterocycles. The summed E-state index contributed by atoms with van der Waals surface area (Å²) in [4.78, 5) is 70.8. The van der Waals surface area contributed by atoms with Crippen LogP contribution in [-0.4, -0.2) is 45.8 Å². The summed E-state index contributed by atoms with van der Waals surface area (Å²) in [5.41, 5.74) is 2.83. The van der Waals surface area contributed by atoms with E-state index in [1.165, 1.54) is 49.6 Å². The number of hydrazine groups is 1. The number of non-ortho nitro benzene ring substituents is 1. The SMILES string of the molecule is COc1ccc(C23C(=O)N(Nc4ccc(Cl)cc4Cl)C(=O)C2CC2C(=CCC4C(=O)N(c5cccc([N+](=O)[O-])c5)C(=O)C42)C3c2ccc(O)cc2Cl)cc1. The third-order valence-corrected chi connectivity index (χ3v) is 12.0. The van der Waals surface area contributed by atoms with Gasteiger partial charge in [-0.05, 0) is 78.4 Å². The van der Waals surface area contributed by atoms with Crippen LogP contribution in [0, 0.1) is 33.8 Å². The van der Waals surface area contributed by atoms with E-state index < -0.39 is 63.6 Å². The van der Waals surface area contributed by atoms with Gasteiger partial charge in [-0.1, -0.05) is 70.7 Å². The molecule has 4 amide bonds. The lowest BCUT2D eigenvalue weighted by Crippen LogP contribution is -2.53. The van der Waals surface area contributed by atoms with Crippen molar-refractivity contribution in [1.29, 1.82) is 0 Å². The van der Waals surface area contributed by atoms with Gasteiger partial charge < -0.3 is 9.84 Å². The zero-order valence-electron chi connectivity index (χ0n) is 28.2. The summed E-state index contributed by atoms with van der Waals surface area (Å²) in [5.74, 6) is -6.50. The van der Waals surface area contributed by atoms with Crippen LogP contribution in [0.5, 0.6) is 11.5 Å². The molecule has 3 fully saturated rings. The Morgan fingerprint density at radius 3 is 2.33 bits per heavy atom. The first kappa shape index (κ1) is 35.6. The Kier molecular flexibility index (Phi) is 8.67. The zero-order chi connectivity index (χ0) is 38.2. The Bertz CT molecular complexity index is 2330. The van der Waals surface area contributed by atoms with Gasteiger partial charge in [0.05, 0.1) is 51.6 Å². The van der Waals surface area contributed by atoms with Crippen molar-refractivity contribution in [1.82, 2.24) is 5.01 Å². The number of phenols is 1. The van der Waals surface area contributed by atoms with E-state index in [1.54, 1.807) is 42.5 Å². The number of halogens is 3.